The second-order valence-corrected chi connectivity index (χ2v) is 7.20. The van der Waals surface area contributed by atoms with Crippen molar-refractivity contribution in [2.24, 2.45) is 5.92 Å². The van der Waals surface area contributed by atoms with Gasteiger partial charge in [0.05, 0.1) is 22.4 Å². The number of nitrogens with one attached hydrogen (secondary N) is 1. The van der Waals surface area contributed by atoms with E-state index in [2.05, 4.69) is 5.32 Å². The number of hydrogen-bond donors (Lipinski definition) is 3. The molecule has 0 saturated heterocycles. The van der Waals surface area contributed by atoms with Crippen LogP contribution in [0.3, 0.4) is 0 Å². The number of hydrogen-bond acceptors (Lipinski definition) is 5. The summed E-state index contributed by atoms with van der Waals surface area (Å²) in [6, 6.07) is 4.54. The van der Waals surface area contributed by atoms with Gasteiger partial charge < -0.3 is 16.2 Å². The van der Waals surface area contributed by atoms with E-state index >= 15 is 0 Å². The van der Waals surface area contributed by atoms with Crippen LogP contribution in [0.1, 0.15) is 20.3 Å². The van der Waals surface area contributed by atoms with Crippen LogP contribution < -0.4 is 11.1 Å². The number of aliphatic hydroxyl groups excluding tert-OH is 1. The zero-order valence-corrected chi connectivity index (χ0v) is 12.4. The average Bonchev–Trinajstić information content (AvgIpc) is 2.25. The Morgan fingerprint density at radius 2 is 2.00 bits per heavy atom. The van der Waals surface area contributed by atoms with E-state index in [0.29, 0.717) is 30.3 Å². The normalized spacial score (nSPS) is 13.5. The van der Waals surface area contributed by atoms with Crippen LogP contribution in [0.15, 0.2) is 23.1 Å². The molecule has 0 aliphatic carbocycles. The maximum Gasteiger partial charge on any atom is 0.175 e. The Labute approximate surface area is 114 Å². The Balaban J connectivity index is 2.71. The highest BCUT2D eigenvalue weighted by Crippen LogP contribution is 2.22. The smallest absolute Gasteiger partial charge is 0.175 e. The standard InChI is InChI=1S/C13H22N2O3S/c1-9(2)6-10(16)8-15-13-5-4-11(7-12(13)14)19(3,17)18/h4-5,7,9-10,15-16H,6,8,14H2,1-3H3. The maximum absolute atomic E-state index is 11.4. The molecular formula is C13H22N2O3S. The van der Waals surface area contributed by atoms with E-state index in [4.69, 9.17) is 5.73 Å². The molecule has 1 aromatic carbocycles. The monoisotopic (exact) mass is 286 g/mol. The lowest BCUT2D eigenvalue weighted by molar-refractivity contribution is 0.161. The van der Waals surface area contributed by atoms with E-state index in [1.807, 2.05) is 13.8 Å². The fraction of sp³-hybridized carbons (Fsp3) is 0.538. The molecule has 0 radical (unpaired) electrons. The highest BCUT2D eigenvalue weighted by Gasteiger charge is 2.11. The molecule has 0 bridgehead atoms. The van der Waals surface area contributed by atoms with Crippen LogP contribution >= 0.6 is 0 Å². The van der Waals surface area contributed by atoms with Crippen LogP contribution in [0.4, 0.5) is 11.4 Å². The summed E-state index contributed by atoms with van der Waals surface area (Å²) >= 11 is 0. The minimum absolute atomic E-state index is 0.193. The van der Waals surface area contributed by atoms with Crippen LogP contribution in [-0.2, 0) is 9.84 Å². The number of nitrogens with two attached hydrogens (primary N) is 1. The largest absolute Gasteiger partial charge is 0.397 e. The third kappa shape index (κ3) is 5.08. The van der Waals surface area contributed by atoms with Crippen LogP contribution in [0, 0.1) is 5.92 Å². The SMILES string of the molecule is CC(C)CC(O)CNc1ccc(S(C)(=O)=O)cc1N. The fourth-order valence-electron chi connectivity index (χ4n) is 1.79. The quantitative estimate of drug-likeness (QED) is 0.689. The molecule has 1 aromatic rings. The zero-order chi connectivity index (χ0) is 14.6. The summed E-state index contributed by atoms with van der Waals surface area (Å²) in [5, 5.41) is 12.8. The summed E-state index contributed by atoms with van der Waals surface area (Å²) in [5.74, 6) is 0.418. The van der Waals surface area contributed by atoms with Gasteiger partial charge in [-0.05, 0) is 30.5 Å². The van der Waals surface area contributed by atoms with Gasteiger partial charge >= 0.3 is 0 Å². The van der Waals surface area contributed by atoms with Gasteiger partial charge in [-0.15, -0.1) is 0 Å². The molecule has 0 aliphatic heterocycles. The molecule has 19 heavy (non-hydrogen) atoms. The maximum atomic E-state index is 11.4. The minimum Gasteiger partial charge on any atom is -0.397 e. The first-order valence-electron chi connectivity index (χ1n) is 6.21. The Morgan fingerprint density at radius 3 is 2.47 bits per heavy atom. The Bertz CT molecular complexity index is 527. The predicted octanol–water partition coefficient (Wildman–Crippen LogP) is 1.49. The number of benzene rings is 1. The fourth-order valence-corrected chi connectivity index (χ4v) is 2.44. The lowest BCUT2D eigenvalue weighted by atomic mass is 10.1. The second-order valence-electron chi connectivity index (χ2n) is 5.19. The van der Waals surface area contributed by atoms with Gasteiger partial charge in [-0.25, -0.2) is 8.42 Å². The number of sulfone groups is 1. The minimum atomic E-state index is -3.25. The van der Waals surface area contributed by atoms with Crippen molar-refractivity contribution < 1.29 is 13.5 Å². The molecule has 1 atom stereocenters. The number of anilines is 2. The molecule has 4 N–H and O–H groups in total. The molecule has 6 heteroatoms. The van der Waals surface area contributed by atoms with E-state index < -0.39 is 15.9 Å². The highest BCUT2D eigenvalue weighted by molar-refractivity contribution is 7.90. The van der Waals surface area contributed by atoms with E-state index in [1.165, 1.54) is 12.1 Å². The first-order chi connectivity index (χ1) is 8.70. The van der Waals surface area contributed by atoms with Crippen molar-refractivity contribution in [1.29, 1.82) is 0 Å². The van der Waals surface area contributed by atoms with E-state index in [1.54, 1.807) is 6.07 Å². The van der Waals surface area contributed by atoms with Crippen molar-refractivity contribution in [2.75, 3.05) is 23.9 Å². The third-order valence-corrected chi connectivity index (χ3v) is 3.83. The molecular weight excluding hydrogens is 264 g/mol. The van der Waals surface area contributed by atoms with Crippen LogP contribution in [0.25, 0.3) is 0 Å². The molecule has 1 unspecified atom stereocenters. The van der Waals surface area contributed by atoms with Crippen molar-refractivity contribution in [1.82, 2.24) is 0 Å². The van der Waals surface area contributed by atoms with E-state index in [0.717, 1.165) is 6.26 Å². The van der Waals surface area contributed by atoms with E-state index in [9.17, 15) is 13.5 Å². The summed E-state index contributed by atoms with van der Waals surface area (Å²) in [6.07, 6.45) is 1.39. The van der Waals surface area contributed by atoms with Crippen LogP contribution in [0.2, 0.25) is 0 Å². The van der Waals surface area contributed by atoms with Gasteiger partial charge in [-0.1, -0.05) is 13.8 Å². The van der Waals surface area contributed by atoms with Crippen molar-refractivity contribution in [2.45, 2.75) is 31.3 Å². The van der Waals surface area contributed by atoms with Gasteiger partial charge in [0, 0.05) is 12.8 Å². The van der Waals surface area contributed by atoms with Gasteiger partial charge in [-0.2, -0.15) is 0 Å². The molecule has 5 nitrogen and oxygen atoms in total. The third-order valence-electron chi connectivity index (χ3n) is 2.72. The van der Waals surface area contributed by atoms with Crippen LogP contribution in [-0.4, -0.2) is 32.4 Å². The molecule has 0 amide bonds. The van der Waals surface area contributed by atoms with Gasteiger partial charge in [0.25, 0.3) is 0 Å². The topological polar surface area (TPSA) is 92.4 Å². The van der Waals surface area contributed by atoms with Crippen molar-refractivity contribution in [3.05, 3.63) is 18.2 Å². The average molecular weight is 286 g/mol. The summed E-state index contributed by atoms with van der Waals surface area (Å²) in [5.41, 5.74) is 6.79. The summed E-state index contributed by atoms with van der Waals surface area (Å²) in [7, 11) is -3.25. The lowest BCUT2D eigenvalue weighted by Gasteiger charge is -2.16. The summed E-state index contributed by atoms with van der Waals surface area (Å²) < 4.78 is 22.7. The molecule has 0 aliphatic rings. The molecule has 0 aromatic heterocycles. The molecule has 0 saturated carbocycles. The lowest BCUT2D eigenvalue weighted by Crippen LogP contribution is -2.21. The van der Waals surface area contributed by atoms with Crippen LogP contribution in [0.5, 0.6) is 0 Å². The second kappa shape index (κ2) is 6.25. The van der Waals surface area contributed by atoms with Gasteiger partial charge in [0.1, 0.15) is 0 Å². The number of nitrogen functional groups attached to an aromatic ring is 1. The highest BCUT2D eigenvalue weighted by atomic mass is 32.2. The first-order valence-corrected chi connectivity index (χ1v) is 8.11. The molecule has 1 rings (SSSR count). The molecule has 0 fully saturated rings. The van der Waals surface area contributed by atoms with Crippen molar-refractivity contribution in [3.63, 3.8) is 0 Å². The number of aliphatic hydroxyl groups is 1. The predicted molar refractivity (Wildman–Crippen MR) is 77.9 cm³/mol. The Morgan fingerprint density at radius 1 is 1.37 bits per heavy atom. The Hall–Kier alpha value is -1.27. The van der Waals surface area contributed by atoms with E-state index in [-0.39, 0.29) is 4.90 Å². The van der Waals surface area contributed by atoms with Crippen molar-refractivity contribution >= 4 is 21.2 Å². The first kappa shape index (κ1) is 15.8. The summed E-state index contributed by atoms with van der Waals surface area (Å²) in [6.45, 7) is 4.47. The summed E-state index contributed by atoms with van der Waals surface area (Å²) in [4.78, 5) is 0.193. The zero-order valence-electron chi connectivity index (χ0n) is 11.6. The van der Waals surface area contributed by atoms with Gasteiger partial charge in [-0.3, -0.25) is 0 Å². The van der Waals surface area contributed by atoms with Gasteiger partial charge in [0.15, 0.2) is 9.84 Å². The Kier molecular flexibility index (Phi) is 5.20. The van der Waals surface area contributed by atoms with Crippen molar-refractivity contribution in [3.8, 4) is 0 Å². The van der Waals surface area contributed by atoms with Gasteiger partial charge in [0.2, 0.25) is 0 Å². The number of rotatable bonds is 6. The molecule has 0 spiro atoms. The molecule has 0 heterocycles. The molecule has 108 valence electrons.